The van der Waals surface area contributed by atoms with Crippen LogP contribution in [0.4, 0.5) is 0 Å². The topological polar surface area (TPSA) is 41.5 Å². The largest absolute Gasteiger partial charge is 0.395 e. The highest BCUT2D eigenvalue weighted by Crippen LogP contribution is 2.02. The van der Waals surface area contributed by atoms with Crippen LogP contribution in [0.3, 0.4) is 0 Å². The molecule has 1 rings (SSSR count). The minimum Gasteiger partial charge on any atom is -0.395 e. The molecule has 3 heteroatoms. The van der Waals surface area contributed by atoms with Gasteiger partial charge < -0.3 is 15.2 Å². The van der Waals surface area contributed by atoms with Gasteiger partial charge in [0.2, 0.25) is 0 Å². The lowest BCUT2D eigenvalue weighted by molar-refractivity contribution is 0.255. The van der Waals surface area contributed by atoms with Gasteiger partial charge in [0, 0.05) is 20.3 Å². The first kappa shape index (κ1) is 9.88. The van der Waals surface area contributed by atoms with Crippen LogP contribution in [0.5, 0.6) is 0 Å². The van der Waals surface area contributed by atoms with Crippen molar-refractivity contribution in [1.29, 1.82) is 0 Å². The minimum absolute atomic E-state index is 0.306. The first-order valence-corrected chi connectivity index (χ1v) is 3.59. The molecule has 0 aromatic carbocycles. The van der Waals surface area contributed by atoms with Crippen molar-refractivity contribution < 1.29 is 9.84 Å². The summed E-state index contributed by atoms with van der Waals surface area (Å²) in [6, 6.07) is 0.403. The maximum atomic E-state index is 8.50. The highest BCUT2D eigenvalue weighted by atomic mass is 16.4. The maximum Gasteiger partial charge on any atom is 0.0584 e. The SMILES string of the molecule is COC.OC[C@@H]1CCCN1. The summed E-state index contributed by atoms with van der Waals surface area (Å²) in [4.78, 5) is 0. The molecule has 0 aromatic rings. The molecule has 0 aliphatic carbocycles. The van der Waals surface area contributed by atoms with Gasteiger partial charge in [-0.25, -0.2) is 0 Å². The molecule has 0 bridgehead atoms. The van der Waals surface area contributed by atoms with Crippen molar-refractivity contribution in [3.05, 3.63) is 0 Å². The van der Waals surface area contributed by atoms with Gasteiger partial charge in [-0.1, -0.05) is 0 Å². The summed E-state index contributed by atoms with van der Waals surface area (Å²) < 4.78 is 4.25. The Morgan fingerprint density at radius 2 is 2.20 bits per heavy atom. The zero-order valence-corrected chi connectivity index (χ0v) is 6.76. The Bertz CT molecular complexity index is 62.6. The fourth-order valence-electron chi connectivity index (χ4n) is 0.913. The van der Waals surface area contributed by atoms with Crippen molar-refractivity contribution in [1.82, 2.24) is 5.32 Å². The van der Waals surface area contributed by atoms with Crippen LogP contribution in [0.2, 0.25) is 0 Å². The van der Waals surface area contributed by atoms with E-state index in [1.165, 1.54) is 6.42 Å². The Labute approximate surface area is 62.4 Å². The third kappa shape index (κ3) is 4.73. The molecule has 10 heavy (non-hydrogen) atoms. The Balaban J connectivity index is 0.000000236. The molecule has 0 amide bonds. The molecular weight excluding hydrogens is 130 g/mol. The molecule has 0 spiro atoms. The van der Waals surface area contributed by atoms with Crippen molar-refractivity contribution in [2.24, 2.45) is 0 Å². The summed E-state index contributed by atoms with van der Waals surface area (Å²) in [5.74, 6) is 0. The molecule has 3 nitrogen and oxygen atoms in total. The zero-order valence-electron chi connectivity index (χ0n) is 6.76. The molecule has 62 valence electrons. The molecule has 0 radical (unpaired) electrons. The van der Waals surface area contributed by atoms with Crippen LogP contribution < -0.4 is 5.32 Å². The van der Waals surface area contributed by atoms with E-state index < -0.39 is 0 Å². The maximum absolute atomic E-state index is 8.50. The molecule has 0 unspecified atom stereocenters. The van der Waals surface area contributed by atoms with E-state index >= 15 is 0 Å². The third-order valence-electron chi connectivity index (χ3n) is 1.38. The number of nitrogens with one attached hydrogen (secondary N) is 1. The standard InChI is InChI=1S/C5H11NO.C2H6O/c7-4-5-2-1-3-6-5;1-3-2/h5-7H,1-4H2;1-2H3/t5-;/m0./s1. The van der Waals surface area contributed by atoms with E-state index in [-0.39, 0.29) is 0 Å². The second kappa shape index (κ2) is 6.99. The van der Waals surface area contributed by atoms with Crippen molar-refractivity contribution in [3.8, 4) is 0 Å². The lowest BCUT2D eigenvalue weighted by Crippen LogP contribution is -2.24. The molecule has 1 saturated heterocycles. The summed E-state index contributed by atoms with van der Waals surface area (Å²) in [5, 5.41) is 11.7. The molecule has 0 saturated carbocycles. The first-order chi connectivity index (χ1) is 4.85. The van der Waals surface area contributed by atoms with Gasteiger partial charge in [0.1, 0.15) is 0 Å². The predicted octanol–water partition coefficient (Wildman–Crippen LogP) is -0.00670. The molecule has 1 aliphatic rings. The number of methoxy groups -OCH3 is 1. The highest BCUT2D eigenvalue weighted by Gasteiger charge is 2.10. The van der Waals surface area contributed by atoms with Crippen molar-refractivity contribution >= 4 is 0 Å². The van der Waals surface area contributed by atoms with Crippen LogP contribution in [-0.4, -0.2) is 38.5 Å². The van der Waals surface area contributed by atoms with Crippen LogP contribution in [0, 0.1) is 0 Å². The molecular formula is C7H17NO2. The lowest BCUT2D eigenvalue weighted by atomic mass is 10.2. The average molecular weight is 147 g/mol. The van der Waals surface area contributed by atoms with Gasteiger partial charge in [0.15, 0.2) is 0 Å². The van der Waals surface area contributed by atoms with E-state index in [4.69, 9.17) is 5.11 Å². The number of hydrogen-bond donors (Lipinski definition) is 2. The van der Waals surface area contributed by atoms with Gasteiger partial charge >= 0.3 is 0 Å². The van der Waals surface area contributed by atoms with Crippen LogP contribution in [0.1, 0.15) is 12.8 Å². The van der Waals surface area contributed by atoms with E-state index in [1.54, 1.807) is 14.2 Å². The smallest absolute Gasteiger partial charge is 0.0584 e. The first-order valence-electron chi connectivity index (χ1n) is 3.59. The quantitative estimate of drug-likeness (QED) is 0.548. The van der Waals surface area contributed by atoms with Gasteiger partial charge in [-0.2, -0.15) is 0 Å². The van der Waals surface area contributed by atoms with Crippen LogP contribution in [0.15, 0.2) is 0 Å². The summed E-state index contributed by atoms with van der Waals surface area (Å²) in [7, 11) is 3.25. The number of rotatable bonds is 1. The van der Waals surface area contributed by atoms with Crippen molar-refractivity contribution in [2.45, 2.75) is 18.9 Å². The normalized spacial score (nSPS) is 23.7. The lowest BCUT2D eigenvalue weighted by Gasteiger charge is -2.01. The Morgan fingerprint density at radius 3 is 2.40 bits per heavy atom. The minimum atomic E-state index is 0.306. The fourth-order valence-corrected chi connectivity index (χ4v) is 0.913. The number of hydrogen-bond acceptors (Lipinski definition) is 3. The number of aliphatic hydroxyl groups excluding tert-OH is 1. The van der Waals surface area contributed by atoms with Gasteiger partial charge in [0.25, 0.3) is 0 Å². The third-order valence-corrected chi connectivity index (χ3v) is 1.38. The monoisotopic (exact) mass is 147 g/mol. The zero-order chi connectivity index (χ0) is 7.82. The fraction of sp³-hybridized carbons (Fsp3) is 1.00. The Kier molecular flexibility index (Phi) is 6.91. The molecule has 2 N–H and O–H groups in total. The average Bonchev–Trinajstić information content (AvgIpc) is 2.39. The van der Waals surface area contributed by atoms with E-state index in [2.05, 4.69) is 10.1 Å². The van der Waals surface area contributed by atoms with Gasteiger partial charge in [-0.15, -0.1) is 0 Å². The Morgan fingerprint density at radius 1 is 1.60 bits per heavy atom. The van der Waals surface area contributed by atoms with E-state index in [9.17, 15) is 0 Å². The van der Waals surface area contributed by atoms with E-state index in [0.29, 0.717) is 12.6 Å². The second-order valence-electron chi connectivity index (χ2n) is 2.38. The van der Waals surface area contributed by atoms with Crippen molar-refractivity contribution in [3.63, 3.8) is 0 Å². The summed E-state index contributed by atoms with van der Waals surface area (Å²) >= 11 is 0. The van der Waals surface area contributed by atoms with Gasteiger partial charge in [-0.3, -0.25) is 0 Å². The van der Waals surface area contributed by atoms with E-state index in [1.807, 2.05) is 0 Å². The molecule has 1 aliphatic heterocycles. The van der Waals surface area contributed by atoms with Crippen molar-refractivity contribution in [2.75, 3.05) is 27.4 Å². The number of aliphatic hydroxyl groups is 1. The molecule has 1 heterocycles. The number of ether oxygens (including phenoxy) is 1. The van der Waals surface area contributed by atoms with Crippen LogP contribution in [-0.2, 0) is 4.74 Å². The Hall–Kier alpha value is -0.120. The summed E-state index contributed by atoms with van der Waals surface area (Å²) in [6.45, 7) is 1.39. The molecule has 1 atom stereocenters. The van der Waals surface area contributed by atoms with E-state index in [0.717, 1.165) is 13.0 Å². The predicted molar refractivity (Wildman–Crippen MR) is 41.0 cm³/mol. The summed E-state index contributed by atoms with van der Waals surface area (Å²) in [6.07, 6.45) is 2.38. The molecule has 1 fully saturated rings. The molecule has 0 aromatic heterocycles. The highest BCUT2D eigenvalue weighted by molar-refractivity contribution is 4.71. The summed E-state index contributed by atoms with van der Waals surface area (Å²) in [5.41, 5.74) is 0. The second-order valence-corrected chi connectivity index (χ2v) is 2.38. The van der Waals surface area contributed by atoms with Crippen LogP contribution in [0.25, 0.3) is 0 Å². The van der Waals surface area contributed by atoms with Gasteiger partial charge in [-0.05, 0) is 19.4 Å². The van der Waals surface area contributed by atoms with Gasteiger partial charge in [0.05, 0.1) is 6.61 Å². The van der Waals surface area contributed by atoms with Crippen LogP contribution >= 0.6 is 0 Å².